The molecule has 0 radical (unpaired) electrons. The highest BCUT2D eigenvalue weighted by Crippen LogP contribution is 2.22. The van der Waals surface area contributed by atoms with Crippen LogP contribution in [0, 0.1) is 0 Å². The third-order valence-corrected chi connectivity index (χ3v) is 4.51. The van der Waals surface area contributed by atoms with Crippen molar-refractivity contribution in [1.29, 1.82) is 0 Å². The third-order valence-electron chi connectivity index (χ3n) is 4.51. The lowest BCUT2D eigenvalue weighted by Gasteiger charge is -2.04. The summed E-state index contributed by atoms with van der Waals surface area (Å²) in [4.78, 5) is 28.4. The molecular formula is C20H16N2O2. The second-order valence-electron chi connectivity index (χ2n) is 5.98. The molecule has 0 aliphatic carbocycles. The molecule has 0 saturated carbocycles. The first-order valence-electron chi connectivity index (χ1n) is 7.89. The number of aldehydes is 2. The van der Waals surface area contributed by atoms with E-state index < -0.39 is 0 Å². The van der Waals surface area contributed by atoms with E-state index in [2.05, 4.69) is 34.2 Å². The van der Waals surface area contributed by atoms with Crippen molar-refractivity contribution in [2.24, 2.45) is 0 Å². The highest BCUT2D eigenvalue weighted by molar-refractivity contribution is 5.98. The summed E-state index contributed by atoms with van der Waals surface area (Å²) < 4.78 is 0. The number of aromatic nitrogens is 2. The summed E-state index contributed by atoms with van der Waals surface area (Å²) in [6.45, 7) is 0. The number of aromatic amines is 2. The number of rotatable bonds is 5. The summed E-state index contributed by atoms with van der Waals surface area (Å²) >= 11 is 0. The Balaban J connectivity index is 1.60. The fraction of sp³-hybridized carbons (Fsp3) is 0.100. The molecule has 0 bridgehead atoms. The summed E-state index contributed by atoms with van der Waals surface area (Å²) in [7, 11) is 0. The monoisotopic (exact) mass is 316 g/mol. The number of H-pyrrole nitrogens is 2. The molecule has 0 aliphatic rings. The summed E-state index contributed by atoms with van der Waals surface area (Å²) in [6.07, 6.45) is 6.99. The topological polar surface area (TPSA) is 65.7 Å². The van der Waals surface area contributed by atoms with Gasteiger partial charge in [0, 0.05) is 45.3 Å². The molecule has 0 fully saturated rings. The van der Waals surface area contributed by atoms with Crippen LogP contribution in [0.1, 0.15) is 31.8 Å². The van der Waals surface area contributed by atoms with Gasteiger partial charge in [0.2, 0.25) is 0 Å². The molecule has 2 N–H and O–H groups in total. The molecule has 2 aromatic carbocycles. The van der Waals surface area contributed by atoms with E-state index in [1.54, 1.807) is 12.4 Å². The molecule has 0 unspecified atom stereocenters. The zero-order valence-electron chi connectivity index (χ0n) is 13.0. The molecule has 24 heavy (non-hydrogen) atoms. The van der Waals surface area contributed by atoms with Gasteiger partial charge in [0.1, 0.15) is 0 Å². The van der Waals surface area contributed by atoms with Crippen molar-refractivity contribution < 1.29 is 9.59 Å². The fourth-order valence-electron chi connectivity index (χ4n) is 3.17. The van der Waals surface area contributed by atoms with E-state index in [-0.39, 0.29) is 0 Å². The highest BCUT2D eigenvalue weighted by Gasteiger charge is 2.06. The van der Waals surface area contributed by atoms with E-state index in [9.17, 15) is 9.59 Å². The van der Waals surface area contributed by atoms with Crippen LogP contribution in [0.2, 0.25) is 0 Å². The standard InChI is InChI=1S/C20H16N2O2/c23-11-15-9-21-19-5-3-13(7-17(15)19)1-2-14-4-6-20-18(8-14)16(12-24)10-22-20/h3-12,21-22H,1-2H2. The molecule has 4 rings (SSSR count). The number of aryl methyl sites for hydroxylation is 2. The largest absolute Gasteiger partial charge is 0.360 e. The lowest BCUT2D eigenvalue weighted by Crippen LogP contribution is -1.92. The third kappa shape index (κ3) is 2.42. The Morgan fingerprint density at radius 2 is 1.17 bits per heavy atom. The number of fused-ring (bicyclic) bond motifs is 2. The molecule has 118 valence electrons. The second-order valence-corrected chi connectivity index (χ2v) is 5.98. The molecule has 4 nitrogen and oxygen atoms in total. The Hall–Kier alpha value is -3.14. The van der Waals surface area contributed by atoms with Crippen molar-refractivity contribution in [3.8, 4) is 0 Å². The van der Waals surface area contributed by atoms with Gasteiger partial charge in [-0.1, -0.05) is 12.1 Å². The number of hydrogen-bond acceptors (Lipinski definition) is 2. The van der Waals surface area contributed by atoms with Gasteiger partial charge in [-0.2, -0.15) is 0 Å². The van der Waals surface area contributed by atoms with E-state index in [4.69, 9.17) is 0 Å². The number of carbonyl (C=O) groups excluding carboxylic acids is 2. The Kier molecular flexibility index (Phi) is 3.50. The van der Waals surface area contributed by atoms with Crippen molar-refractivity contribution in [2.75, 3.05) is 0 Å². The quantitative estimate of drug-likeness (QED) is 0.545. The lowest BCUT2D eigenvalue weighted by atomic mass is 10.0. The summed E-state index contributed by atoms with van der Waals surface area (Å²) in [5.41, 5.74) is 5.72. The van der Waals surface area contributed by atoms with Crippen LogP contribution >= 0.6 is 0 Å². The van der Waals surface area contributed by atoms with E-state index >= 15 is 0 Å². The molecule has 4 aromatic rings. The van der Waals surface area contributed by atoms with Crippen LogP contribution in [0.5, 0.6) is 0 Å². The first-order valence-corrected chi connectivity index (χ1v) is 7.89. The number of hydrogen-bond donors (Lipinski definition) is 2. The minimum atomic E-state index is 0.691. The van der Waals surface area contributed by atoms with Crippen molar-refractivity contribution in [3.63, 3.8) is 0 Å². The van der Waals surface area contributed by atoms with Crippen molar-refractivity contribution in [1.82, 2.24) is 9.97 Å². The summed E-state index contributed by atoms with van der Waals surface area (Å²) in [5.74, 6) is 0. The Labute approximate surface area is 138 Å². The van der Waals surface area contributed by atoms with Crippen LogP contribution in [-0.4, -0.2) is 22.5 Å². The highest BCUT2D eigenvalue weighted by atomic mass is 16.1. The van der Waals surface area contributed by atoms with Crippen LogP contribution in [0.25, 0.3) is 21.8 Å². The maximum Gasteiger partial charge on any atom is 0.152 e. The summed E-state index contributed by atoms with van der Waals surface area (Å²) in [5, 5.41) is 1.93. The van der Waals surface area contributed by atoms with Crippen LogP contribution in [0.3, 0.4) is 0 Å². The Bertz CT molecular complexity index is 970. The van der Waals surface area contributed by atoms with Crippen LogP contribution in [-0.2, 0) is 12.8 Å². The van der Waals surface area contributed by atoms with E-state index in [0.717, 1.165) is 47.2 Å². The molecule has 0 atom stereocenters. The first-order chi connectivity index (χ1) is 11.8. The zero-order chi connectivity index (χ0) is 16.5. The molecule has 0 spiro atoms. The normalized spacial score (nSPS) is 11.2. The Morgan fingerprint density at radius 3 is 1.58 bits per heavy atom. The fourth-order valence-corrected chi connectivity index (χ4v) is 3.17. The van der Waals surface area contributed by atoms with Crippen LogP contribution in [0.4, 0.5) is 0 Å². The molecular weight excluding hydrogens is 300 g/mol. The van der Waals surface area contributed by atoms with E-state index in [1.807, 2.05) is 12.1 Å². The SMILES string of the molecule is O=Cc1c[nH]c2ccc(CCc3ccc4[nH]cc(C=O)c4c3)cc12. The van der Waals surface area contributed by atoms with Crippen molar-refractivity contribution in [3.05, 3.63) is 71.0 Å². The zero-order valence-corrected chi connectivity index (χ0v) is 13.0. The minimum absolute atomic E-state index is 0.691. The van der Waals surface area contributed by atoms with Crippen molar-refractivity contribution in [2.45, 2.75) is 12.8 Å². The average Bonchev–Trinajstić information content (AvgIpc) is 3.22. The van der Waals surface area contributed by atoms with Gasteiger partial charge in [0.15, 0.2) is 12.6 Å². The van der Waals surface area contributed by atoms with Gasteiger partial charge in [-0.15, -0.1) is 0 Å². The van der Waals surface area contributed by atoms with Crippen LogP contribution < -0.4 is 0 Å². The van der Waals surface area contributed by atoms with Gasteiger partial charge >= 0.3 is 0 Å². The maximum absolute atomic E-state index is 11.1. The predicted octanol–water partition coefficient (Wildman–Crippen LogP) is 4.06. The van der Waals surface area contributed by atoms with Gasteiger partial charge in [-0.3, -0.25) is 9.59 Å². The molecule has 2 heterocycles. The smallest absolute Gasteiger partial charge is 0.152 e. The van der Waals surface area contributed by atoms with Gasteiger partial charge in [0.25, 0.3) is 0 Å². The van der Waals surface area contributed by atoms with E-state index in [1.165, 1.54) is 11.1 Å². The van der Waals surface area contributed by atoms with Gasteiger partial charge in [-0.05, 0) is 48.2 Å². The number of benzene rings is 2. The number of carbonyl (C=O) groups is 2. The Morgan fingerprint density at radius 1 is 0.708 bits per heavy atom. The van der Waals surface area contributed by atoms with E-state index in [0.29, 0.717) is 11.1 Å². The summed E-state index contributed by atoms with van der Waals surface area (Å²) in [6, 6.07) is 12.3. The van der Waals surface area contributed by atoms with Crippen LogP contribution in [0.15, 0.2) is 48.8 Å². The molecule has 4 heteroatoms. The molecule has 0 amide bonds. The van der Waals surface area contributed by atoms with Gasteiger partial charge in [-0.25, -0.2) is 0 Å². The first kappa shape index (κ1) is 14.5. The molecule has 2 aromatic heterocycles. The average molecular weight is 316 g/mol. The molecule has 0 aliphatic heterocycles. The van der Waals surface area contributed by atoms with Gasteiger partial charge in [0.05, 0.1) is 0 Å². The number of nitrogens with one attached hydrogen (secondary N) is 2. The minimum Gasteiger partial charge on any atom is -0.360 e. The maximum atomic E-state index is 11.1. The second kappa shape index (κ2) is 5.81. The lowest BCUT2D eigenvalue weighted by molar-refractivity contribution is 0.111. The molecule has 0 saturated heterocycles. The van der Waals surface area contributed by atoms with Crippen molar-refractivity contribution >= 4 is 34.4 Å². The predicted molar refractivity (Wildman–Crippen MR) is 94.8 cm³/mol. The van der Waals surface area contributed by atoms with Gasteiger partial charge < -0.3 is 9.97 Å².